The normalized spacial score (nSPS) is 12.7. The fourth-order valence-corrected chi connectivity index (χ4v) is 2.46. The predicted molar refractivity (Wildman–Crippen MR) is 82.6 cm³/mol. The van der Waals surface area contributed by atoms with Gasteiger partial charge in [-0.1, -0.05) is 0 Å². The standard InChI is InChI=1S/C16H20N4O/c1-11(6-7-14-5-4-8-21-14)17-15-9-12(2)18-16-10-13(3)19-20(15)16/h4-5,8-11,17H,6-7H2,1-3H3. The maximum Gasteiger partial charge on any atom is 0.157 e. The summed E-state index contributed by atoms with van der Waals surface area (Å²) < 4.78 is 7.24. The Morgan fingerprint density at radius 3 is 2.90 bits per heavy atom. The maximum atomic E-state index is 5.37. The average Bonchev–Trinajstić information content (AvgIpc) is 3.04. The second kappa shape index (κ2) is 5.60. The van der Waals surface area contributed by atoms with Crippen molar-refractivity contribution < 1.29 is 4.42 Å². The highest BCUT2D eigenvalue weighted by atomic mass is 16.3. The average molecular weight is 284 g/mol. The minimum Gasteiger partial charge on any atom is -0.469 e. The molecule has 0 aliphatic heterocycles. The topological polar surface area (TPSA) is 55.4 Å². The number of aryl methyl sites for hydroxylation is 3. The molecule has 1 N–H and O–H groups in total. The molecule has 3 aromatic rings. The van der Waals surface area contributed by atoms with E-state index in [2.05, 4.69) is 22.3 Å². The summed E-state index contributed by atoms with van der Waals surface area (Å²) in [6.45, 7) is 6.15. The summed E-state index contributed by atoms with van der Waals surface area (Å²) in [6, 6.07) is 8.28. The van der Waals surface area contributed by atoms with Crippen LogP contribution in [0.15, 0.2) is 34.9 Å². The molecule has 5 nitrogen and oxygen atoms in total. The summed E-state index contributed by atoms with van der Waals surface area (Å²) in [5, 5.41) is 8.01. The van der Waals surface area contributed by atoms with E-state index >= 15 is 0 Å². The van der Waals surface area contributed by atoms with Crippen LogP contribution in [0, 0.1) is 13.8 Å². The van der Waals surface area contributed by atoms with E-state index in [4.69, 9.17) is 4.42 Å². The highest BCUT2D eigenvalue weighted by Crippen LogP contribution is 2.16. The predicted octanol–water partition coefficient (Wildman–Crippen LogP) is 3.37. The highest BCUT2D eigenvalue weighted by Gasteiger charge is 2.10. The number of furan rings is 1. The molecule has 3 rings (SSSR count). The zero-order valence-electron chi connectivity index (χ0n) is 12.6. The van der Waals surface area contributed by atoms with Gasteiger partial charge >= 0.3 is 0 Å². The van der Waals surface area contributed by atoms with Crippen LogP contribution >= 0.6 is 0 Å². The van der Waals surface area contributed by atoms with E-state index in [1.165, 1.54) is 0 Å². The van der Waals surface area contributed by atoms with Crippen molar-refractivity contribution in [2.45, 2.75) is 39.7 Å². The van der Waals surface area contributed by atoms with Gasteiger partial charge in [-0.15, -0.1) is 0 Å². The first-order valence-corrected chi connectivity index (χ1v) is 7.25. The molecule has 3 aromatic heterocycles. The number of rotatable bonds is 5. The molecule has 21 heavy (non-hydrogen) atoms. The summed E-state index contributed by atoms with van der Waals surface area (Å²) >= 11 is 0. The molecule has 1 unspecified atom stereocenters. The fourth-order valence-electron chi connectivity index (χ4n) is 2.46. The van der Waals surface area contributed by atoms with E-state index in [0.717, 1.165) is 41.5 Å². The molecule has 0 bridgehead atoms. The van der Waals surface area contributed by atoms with Crippen LogP contribution in [-0.4, -0.2) is 20.6 Å². The van der Waals surface area contributed by atoms with Crippen LogP contribution in [0.25, 0.3) is 5.65 Å². The quantitative estimate of drug-likeness (QED) is 0.780. The zero-order chi connectivity index (χ0) is 14.8. The van der Waals surface area contributed by atoms with Crippen molar-refractivity contribution in [2.75, 3.05) is 5.32 Å². The third-order valence-corrected chi connectivity index (χ3v) is 3.48. The maximum absolute atomic E-state index is 5.37. The summed E-state index contributed by atoms with van der Waals surface area (Å²) in [5.41, 5.74) is 2.84. The molecular formula is C16H20N4O. The largest absolute Gasteiger partial charge is 0.469 e. The third kappa shape index (κ3) is 3.07. The molecule has 1 atom stereocenters. The smallest absolute Gasteiger partial charge is 0.157 e. The van der Waals surface area contributed by atoms with Crippen LogP contribution in [0.1, 0.15) is 30.5 Å². The number of hydrogen-bond acceptors (Lipinski definition) is 4. The van der Waals surface area contributed by atoms with Gasteiger partial charge in [-0.3, -0.25) is 0 Å². The van der Waals surface area contributed by atoms with Gasteiger partial charge in [0.1, 0.15) is 11.6 Å². The van der Waals surface area contributed by atoms with Crippen molar-refractivity contribution in [1.82, 2.24) is 14.6 Å². The number of nitrogens with one attached hydrogen (secondary N) is 1. The van der Waals surface area contributed by atoms with Crippen LogP contribution in [0.5, 0.6) is 0 Å². The molecule has 0 saturated heterocycles. The summed E-state index contributed by atoms with van der Waals surface area (Å²) in [6.07, 6.45) is 3.64. The Morgan fingerprint density at radius 1 is 1.29 bits per heavy atom. The third-order valence-electron chi connectivity index (χ3n) is 3.48. The molecule has 0 radical (unpaired) electrons. The van der Waals surface area contributed by atoms with E-state index in [0.29, 0.717) is 6.04 Å². The molecule has 0 amide bonds. The van der Waals surface area contributed by atoms with E-state index in [-0.39, 0.29) is 0 Å². The Morgan fingerprint density at radius 2 is 2.14 bits per heavy atom. The van der Waals surface area contributed by atoms with Crippen LogP contribution in [0.4, 0.5) is 5.82 Å². The van der Waals surface area contributed by atoms with Crippen molar-refractivity contribution in [2.24, 2.45) is 0 Å². The van der Waals surface area contributed by atoms with Crippen molar-refractivity contribution in [3.63, 3.8) is 0 Å². The summed E-state index contributed by atoms with van der Waals surface area (Å²) in [4.78, 5) is 4.50. The Hall–Kier alpha value is -2.30. The minimum atomic E-state index is 0.324. The van der Waals surface area contributed by atoms with Gasteiger partial charge in [0.25, 0.3) is 0 Å². The number of hydrogen-bond donors (Lipinski definition) is 1. The van der Waals surface area contributed by atoms with E-state index in [1.54, 1.807) is 6.26 Å². The SMILES string of the molecule is Cc1cc(NC(C)CCc2ccco2)n2nc(C)cc2n1. The first-order chi connectivity index (χ1) is 10.1. The number of aromatic nitrogens is 3. The molecule has 5 heteroatoms. The Labute approximate surface area is 124 Å². The Kier molecular flexibility index (Phi) is 3.64. The molecule has 3 heterocycles. The lowest BCUT2D eigenvalue weighted by molar-refractivity contribution is 0.494. The van der Waals surface area contributed by atoms with Crippen molar-refractivity contribution >= 4 is 11.5 Å². The molecule has 110 valence electrons. The molecule has 0 aliphatic rings. The van der Waals surface area contributed by atoms with E-state index < -0.39 is 0 Å². The van der Waals surface area contributed by atoms with Gasteiger partial charge in [0, 0.05) is 30.3 Å². The van der Waals surface area contributed by atoms with E-state index in [1.807, 2.05) is 42.6 Å². The van der Waals surface area contributed by atoms with Crippen molar-refractivity contribution in [3.8, 4) is 0 Å². The van der Waals surface area contributed by atoms with Crippen LogP contribution in [-0.2, 0) is 6.42 Å². The molecule has 0 aromatic carbocycles. The number of nitrogens with zero attached hydrogens (tertiary/aromatic N) is 3. The number of anilines is 1. The lowest BCUT2D eigenvalue weighted by atomic mass is 10.1. The van der Waals surface area contributed by atoms with Gasteiger partial charge in [0.15, 0.2) is 5.65 Å². The van der Waals surface area contributed by atoms with Gasteiger partial charge < -0.3 is 9.73 Å². The summed E-state index contributed by atoms with van der Waals surface area (Å²) in [5.74, 6) is 2.01. The lowest BCUT2D eigenvalue weighted by Crippen LogP contribution is -2.18. The van der Waals surface area contributed by atoms with Crippen molar-refractivity contribution in [3.05, 3.63) is 47.7 Å². The van der Waals surface area contributed by atoms with Crippen LogP contribution in [0.3, 0.4) is 0 Å². The Balaban J connectivity index is 1.74. The van der Waals surface area contributed by atoms with Crippen LogP contribution < -0.4 is 5.32 Å². The second-order valence-corrected chi connectivity index (χ2v) is 5.50. The van der Waals surface area contributed by atoms with Crippen molar-refractivity contribution in [1.29, 1.82) is 0 Å². The van der Waals surface area contributed by atoms with Gasteiger partial charge in [0.05, 0.1) is 12.0 Å². The number of fused-ring (bicyclic) bond motifs is 1. The molecule has 0 spiro atoms. The Bertz CT molecular complexity index is 730. The second-order valence-electron chi connectivity index (χ2n) is 5.50. The van der Waals surface area contributed by atoms with Gasteiger partial charge in [-0.05, 0) is 39.3 Å². The fraction of sp³-hybridized carbons (Fsp3) is 0.375. The molecule has 0 saturated carbocycles. The lowest BCUT2D eigenvalue weighted by Gasteiger charge is -2.15. The minimum absolute atomic E-state index is 0.324. The van der Waals surface area contributed by atoms with Gasteiger partial charge in [0.2, 0.25) is 0 Å². The van der Waals surface area contributed by atoms with E-state index in [9.17, 15) is 0 Å². The van der Waals surface area contributed by atoms with Gasteiger partial charge in [-0.25, -0.2) is 4.98 Å². The van der Waals surface area contributed by atoms with Crippen LogP contribution in [0.2, 0.25) is 0 Å². The first kappa shape index (κ1) is 13.7. The van der Waals surface area contributed by atoms with Gasteiger partial charge in [-0.2, -0.15) is 9.61 Å². The first-order valence-electron chi connectivity index (χ1n) is 7.25. The molecule has 0 fully saturated rings. The monoisotopic (exact) mass is 284 g/mol. The zero-order valence-corrected chi connectivity index (χ0v) is 12.6. The molecular weight excluding hydrogens is 264 g/mol. The highest BCUT2D eigenvalue weighted by molar-refractivity contribution is 5.50. The summed E-state index contributed by atoms with van der Waals surface area (Å²) in [7, 11) is 0. The molecule has 0 aliphatic carbocycles.